The zero-order valence-corrected chi connectivity index (χ0v) is 15.2. The number of hydrogen-bond acceptors (Lipinski definition) is 5. The second-order valence-electron chi connectivity index (χ2n) is 6.67. The lowest BCUT2D eigenvalue weighted by Gasteiger charge is -2.36. The van der Waals surface area contributed by atoms with Gasteiger partial charge in [-0.3, -0.25) is 5.41 Å². The van der Waals surface area contributed by atoms with Crippen molar-refractivity contribution in [2.75, 3.05) is 41.7 Å². The molecule has 2 aromatic carbocycles. The normalized spacial score (nSPS) is 14.2. The molecule has 0 radical (unpaired) electrons. The van der Waals surface area contributed by atoms with Crippen LogP contribution >= 0.6 is 0 Å². The molecule has 1 aliphatic heterocycles. The molecule has 3 aromatic rings. The molecule has 0 spiro atoms. The van der Waals surface area contributed by atoms with E-state index in [0.717, 1.165) is 43.1 Å². The topological polar surface area (TPSA) is 69.2 Å². The molecule has 0 amide bonds. The molecule has 0 atom stereocenters. The number of aromatic nitrogens is 1. The fraction of sp³-hybridized carbons (Fsp3) is 0.182. The summed E-state index contributed by atoms with van der Waals surface area (Å²) in [6.45, 7) is 3.73. The van der Waals surface area contributed by atoms with E-state index < -0.39 is 0 Å². The van der Waals surface area contributed by atoms with E-state index in [4.69, 9.17) is 11.1 Å². The molecular weight excluding hydrogens is 334 g/mol. The standard InChI is InChI=1S/C22H23N5/c23-20-9-5-4-8-19(20)22(24)17-10-11-25-21(16-17)27-14-12-26(13-15-27)18-6-2-1-3-7-18/h1-11,16,24H,12-15,23H2. The van der Waals surface area contributed by atoms with Crippen molar-refractivity contribution in [1.82, 2.24) is 4.98 Å². The number of nitrogens with one attached hydrogen (secondary N) is 1. The first-order chi connectivity index (χ1) is 13.2. The summed E-state index contributed by atoms with van der Waals surface area (Å²) in [5, 5.41) is 8.53. The zero-order chi connectivity index (χ0) is 18.6. The van der Waals surface area contributed by atoms with Crippen LogP contribution in [0.25, 0.3) is 0 Å². The van der Waals surface area contributed by atoms with Crippen LogP contribution in [-0.2, 0) is 0 Å². The summed E-state index contributed by atoms with van der Waals surface area (Å²) in [5.74, 6) is 0.916. The van der Waals surface area contributed by atoms with Gasteiger partial charge in [0.05, 0.1) is 5.71 Å². The van der Waals surface area contributed by atoms with Gasteiger partial charge in [-0.15, -0.1) is 0 Å². The molecule has 0 aliphatic carbocycles. The highest BCUT2D eigenvalue weighted by Crippen LogP contribution is 2.22. The van der Waals surface area contributed by atoms with Gasteiger partial charge in [0.2, 0.25) is 0 Å². The molecule has 2 heterocycles. The van der Waals surface area contributed by atoms with Gasteiger partial charge in [-0.2, -0.15) is 0 Å². The summed E-state index contributed by atoms with van der Waals surface area (Å²) in [7, 11) is 0. The Morgan fingerprint density at radius 2 is 1.52 bits per heavy atom. The van der Waals surface area contributed by atoms with Crippen molar-refractivity contribution >= 4 is 22.9 Å². The molecule has 1 aromatic heterocycles. The lowest BCUT2D eigenvalue weighted by molar-refractivity contribution is 0.647. The molecule has 1 aliphatic rings. The highest BCUT2D eigenvalue weighted by atomic mass is 15.3. The molecule has 1 fully saturated rings. The van der Waals surface area contributed by atoms with Crippen molar-refractivity contribution in [3.63, 3.8) is 0 Å². The molecule has 1 saturated heterocycles. The van der Waals surface area contributed by atoms with E-state index in [-0.39, 0.29) is 0 Å². The van der Waals surface area contributed by atoms with Gasteiger partial charge < -0.3 is 15.5 Å². The molecule has 0 bridgehead atoms. The predicted molar refractivity (Wildman–Crippen MR) is 112 cm³/mol. The van der Waals surface area contributed by atoms with Crippen molar-refractivity contribution in [3.05, 3.63) is 84.1 Å². The Morgan fingerprint density at radius 3 is 2.26 bits per heavy atom. The summed E-state index contributed by atoms with van der Waals surface area (Å²) in [4.78, 5) is 9.22. The van der Waals surface area contributed by atoms with Gasteiger partial charge in [0, 0.05) is 54.9 Å². The van der Waals surface area contributed by atoms with Gasteiger partial charge in [0.1, 0.15) is 5.82 Å². The van der Waals surface area contributed by atoms with Gasteiger partial charge in [-0.05, 0) is 30.3 Å². The van der Waals surface area contributed by atoms with Crippen LogP contribution in [-0.4, -0.2) is 36.9 Å². The number of nitrogens with two attached hydrogens (primary N) is 1. The Hall–Kier alpha value is -3.34. The Bertz CT molecular complexity index is 930. The second-order valence-corrected chi connectivity index (χ2v) is 6.67. The summed E-state index contributed by atoms with van der Waals surface area (Å²) in [6.07, 6.45) is 1.78. The Balaban J connectivity index is 1.49. The van der Waals surface area contributed by atoms with Crippen LogP contribution in [0.5, 0.6) is 0 Å². The first-order valence-corrected chi connectivity index (χ1v) is 9.17. The van der Waals surface area contributed by atoms with E-state index in [1.54, 1.807) is 6.20 Å². The Labute approximate surface area is 159 Å². The van der Waals surface area contributed by atoms with E-state index in [1.165, 1.54) is 5.69 Å². The molecule has 3 N–H and O–H groups in total. The third kappa shape index (κ3) is 3.62. The number of nitrogens with zero attached hydrogens (tertiary/aromatic N) is 3. The minimum atomic E-state index is 0.430. The van der Waals surface area contributed by atoms with E-state index in [2.05, 4.69) is 39.0 Å². The Kier molecular flexibility index (Phi) is 4.75. The van der Waals surface area contributed by atoms with Crippen LogP contribution in [0.15, 0.2) is 72.9 Å². The molecule has 0 unspecified atom stereocenters. The first-order valence-electron chi connectivity index (χ1n) is 9.17. The molecule has 136 valence electrons. The SMILES string of the molecule is N=C(c1ccnc(N2CCN(c3ccccc3)CC2)c1)c1ccccc1N. The predicted octanol–water partition coefficient (Wildman–Crippen LogP) is 3.41. The van der Waals surface area contributed by atoms with Crippen LogP contribution in [0.4, 0.5) is 17.2 Å². The van der Waals surface area contributed by atoms with Crippen LogP contribution in [0, 0.1) is 5.41 Å². The molecular formula is C22H23N5. The molecule has 27 heavy (non-hydrogen) atoms. The lowest BCUT2D eigenvalue weighted by Crippen LogP contribution is -2.46. The summed E-state index contributed by atoms with van der Waals surface area (Å²) >= 11 is 0. The van der Waals surface area contributed by atoms with Crippen LogP contribution < -0.4 is 15.5 Å². The van der Waals surface area contributed by atoms with Crippen LogP contribution in [0.3, 0.4) is 0 Å². The molecule has 4 rings (SSSR count). The highest BCUT2D eigenvalue weighted by Gasteiger charge is 2.19. The van der Waals surface area contributed by atoms with Gasteiger partial charge in [0.25, 0.3) is 0 Å². The van der Waals surface area contributed by atoms with Crippen molar-refractivity contribution in [1.29, 1.82) is 5.41 Å². The quantitative estimate of drug-likeness (QED) is 0.555. The van der Waals surface area contributed by atoms with Gasteiger partial charge in [-0.25, -0.2) is 4.98 Å². The number of pyridine rings is 1. The summed E-state index contributed by atoms with van der Waals surface area (Å²) in [5.41, 5.74) is 9.94. The minimum Gasteiger partial charge on any atom is -0.398 e. The van der Waals surface area contributed by atoms with E-state index in [9.17, 15) is 0 Å². The summed E-state index contributed by atoms with van der Waals surface area (Å²) in [6, 6.07) is 21.9. The number of para-hydroxylation sites is 2. The average Bonchev–Trinajstić information content (AvgIpc) is 2.74. The maximum Gasteiger partial charge on any atom is 0.129 e. The number of hydrogen-bond donors (Lipinski definition) is 2. The van der Waals surface area contributed by atoms with Gasteiger partial charge in [-0.1, -0.05) is 36.4 Å². The highest BCUT2D eigenvalue weighted by molar-refractivity contribution is 6.14. The number of nitrogen functional groups attached to an aromatic ring is 1. The number of anilines is 3. The van der Waals surface area contributed by atoms with Gasteiger partial charge in [0.15, 0.2) is 0 Å². The Morgan fingerprint density at radius 1 is 0.852 bits per heavy atom. The van der Waals surface area contributed by atoms with Crippen LogP contribution in [0.1, 0.15) is 11.1 Å². The molecule has 5 nitrogen and oxygen atoms in total. The third-order valence-corrected chi connectivity index (χ3v) is 4.99. The lowest BCUT2D eigenvalue weighted by atomic mass is 10.0. The first kappa shape index (κ1) is 17.1. The van der Waals surface area contributed by atoms with Crippen molar-refractivity contribution in [2.45, 2.75) is 0 Å². The average molecular weight is 357 g/mol. The second kappa shape index (κ2) is 7.50. The maximum atomic E-state index is 8.53. The molecule has 0 saturated carbocycles. The third-order valence-electron chi connectivity index (χ3n) is 4.99. The number of piperazine rings is 1. The number of benzene rings is 2. The maximum absolute atomic E-state index is 8.53. The monoisotopic (exact) mass is 357 g/mol. The van der Waals surface area contributed by atoms with E-state index in [1.807, 2.05) is 42.5 Å². The van der Waals surface area contributed by atoms with E-state index in [0.29, 0.717) is 11.4 Å². The van der Waals surface area contributed by atoms with Crippen LogP contribution in [0.2, 0.25) is 0 Å². The van der Waals surface area contributed by atoms with Crippen molar-refractivity contribution < 1.29 is 0 Å². The zero-order valence-electron chi connectivity index (χ0n) is 15.2. The van der Waals surface area contributed by atoms with E-state index >= 15 is 0 Å². The van der Waals surface area contributed by atoms with Gasteiger partial charge >= 0.3 is 0 Å². The molecule has 5 heteroatoms. The fourth-order valence-corrected chi connectivity index (χ4v) is 3.46. The minimum absolute atomic E-state index is 0.430. The smallest absolute Gasteiger partial charge is 0.129 e. The fourth-order valence-electron chi connectivity index (χ4n) is 3.46. The summed E-state index contributed by atoms with van der Waals surface area (Å²) < 4.78 is 0. The largest absolute Gasteiger partial charge is 0.398 e. The van der Waals surface area contributed by atoms with Crippen molar-refractivity contribution in [2.24, 2.45) is 0 Å². The number of rotatable bonds is 4. The van der Waals surface area contributed by atoms with Crippen molar-refractivity contribution in [3.8, 4) is 0 Å².